The predicted molar refractivity (Wildman–Crippen MR) is 264 cm³/mol. The highest BCUT2D eigenvalue weighted by Gasteiger charge is 2.13. The third-order valence-electron chi connectivity index (χ3n) is 12.2. The zero-order valence-corrected chi connectivity index (χ0v) is 39.8. The van der Waals surface area contributed by atoms with E-state index in [2.05, 4.69) is 77.9 Å². The normalized spacial score (nSPS) is 12.2. The first-order valence-electron chi connectivity index (χ1n) is 26.0. The number of unbranched alkanes of at least 4 members (excludes halogenated alkanes) is 24. The van der Waals surface area contributed by atoms with E-state index in [4.69, 9.17) is 9.98 Å². The Balaban J connectivity index is 2.29. The lowest BCUT2D eigenvalue weighted by atomic mass is 9.98. The Morgan fingerprint density at radius 3 is 0.810 bits per heavy atom. The van der Waals surface area contributed by atoms with Gasteiger partial charge in [0.25, 0.3) is 0 Å². The van der Waals surface area contributed by atoms with Crippen LogP contribution in [0.15, 0.2) is 46.4 Å². The molecule has 2 nitrogen and oxygen atoms in total. The van der Waals surface area contributed by atoms with Gasteiger partial charge in [-0.15, -0.1) is 0 Å². The Hall–Kier alpha value is -2.22. The van der Waals surface area contributed by atoms with Gasteiger partial charge in [0.15, 0.2) is 0 Å². The molecule has 0 spiro atoms. The van der Waals surface area contributed by atoms with E-state index in [-0.39, 0.29) is 0 Å². The summed E-state index contributed by atoms with van der Waals surface area (Å²) in [6, 6.07) is 14.7. The van der Waals surface area contributed by atoms with Crippen LogP contribution in [-0.2, 0) is 25.7 Å². The highest BCUT2D eigenvalue weighted by molar-refractivity contribution is 6.43. The van der Waals surface area contributed by atoms with Crippen LogP contribution in [-0.4, -0.2) is 11.4 Å². The fourth-order valence-corrected chi connectivity index (χ4v) is 8.53. The summed E-state index contributed by atoms with van der Waals surface area (Å²) in [5, 5.41) is 0. The van der Waals surface area contributed by atoms with Crippen LogP contribution < -0.4 is 0 Å². The Bertz CT molecular complexity index is 1260. The summed E-state index contributed by atoms with van der Waals surface area (Å²) >= 11 is 0. The standard InChI is InChI=1S/C56H96N2/c1-7-13-19-20-21-22-23-24-25-26-27-28-29-30-31-36-42-56(58-54-47-51(39-34-16-10-4)44-52(48-54)40-35-17-11-5)55(41-18-12-6)57-53-45-49(37-32-14-8-2)43-50(46-53)38-33-15-9-3/h43-48H,7-42H2,1-6H3. The molecule has 0 saturated heterocycles. The second-order valence-electron chi connectivity index (χ2n) is 18.1. The molecule has 58 heavy (non-hydrogen) atoms. The minimum atomic E-state index is 1.01. The molecule has 2 heteroatoms. The molecule has 0 heterocycles. The van der Waals surface area contributed by atoms with E-state index in [1.54, 1.807) is 0 Å². The molecule has 0 atom stereocenters. The molecule has 0 aliphatic heterocycles. The molecule has 0 aliphatic rings. The number of aliphatic imine (C=N–C) groups is 2. The fraction of sp³-hybridized carbons (Fsp3) is 0.750. The van der Waals surface area contributed by atoms with Crippen LogP contribution in [0.1, 0.15) is 269 Å². The minimum absolute atomic E-state index is 1.01. The van der Waals surface area contributed by atoms with Gasteiger partial charge in [-0.2, -0.15) is 0 Å². The van der Waals surface area contributed by atoms with Gasteiger partial charge >= 0.3 is 0 Å². The third-order valence-corrected chi connectivity index (χ3v) is 12.2. The van der Waals surface area contributed by atoms with E-state index in [1.165, 1.54) is 231 Å². The van der Waals surface area contributed by atoms with E-state index < -0.39 is 0 Å². The molecule has 0 radical (unpaired) electrons. The summed E-state index contributed by atoms with van der Waals surface area (Å²) in [6.07, 6.45) is 46.8. The smallest absolute Gasteiger partial charge is 0.0639 e. The summed E-state index contributed by atoms with van der Waals surface area (Å²) in [5.74, 6) is 0. The van der Waals surface area contributed by atoms with Gasteiger partial charge in [-0.3, -0.25) is 9.98 Å². The molecule has 0 amide bonds. The summed E-state index contributed by atoms with van der Waals surface area (Å²) in [6.45, 7) is 13.9. The van der Waals surface area contributed by atoms with Crippen LogP contribution in [0.5, 0.6) is 0 Å². The van der Waals surface area contributed by atoms with Crippen molar-refractivity contribution in [1.29, 1.82) is 0 Å². The highest BCUT2D eigenvalue weighted by Crippen LogP contribution is 2.27. The molecule has 0 aliphatic carbocycles. The Morgan fingerprint density at radius 2 is 0.517 bits per heavy atom. The summed E-state index contributed by atoms with van der Waals surface area (Å²) in [4.78, 5) is 11.3. The molecule has 330 valence electrons. The fourth-order valence-electron chi connectivity index (χ4n) is 8.53. The van der Waals surface area contributed by atoms with Crippen LogP contribution >= 0.6 is 0 Å². The van der Waals surface area contributed by atoms with Crippen LogP contribution in [0.3, 0.4) is 0 Å². The first-order chi connectivity index (χ1) is 28.6. The zero-order valence-electron chi connectivity index (χ0n) is 39.8. The van der Waals surface area contributed by atoms with E-state index in [0.717, 1.165) is 44.9 Å². The van der Waals surface area contributed by atoms with Crippen molar-refractivity contribution in [3.63, 3.8) is 0 Å². The molecule has 0 bridgehead atoms. The zero-order chi connectivity index (χ0) is 41.7. The average Bonchev–Trinajstić information content (AvgIpc) is 3.22. The molecule has 0 unspecified atom stereocenters. The van der Waals surface area contributed by atoms with Gasteiger partial charge in [0, 0.05) is 0 Å². The lowest BCUT2D eigenvalue weighted by Gasteiger charge is -2.14. The van der Waals surface area contributed by atoms with E-state index >= 15 is 0 Å². The van der Waals surface area contributed by atoms with Crippen molar-refractivity contribution in [1.82, 2.24) is 0 Å². The molecule has 2 rings (SSSR count). The first kappa shape index (κ1) is 51.9. The quantitative estimate of drug-likeness (QED) is 0.0476. The Labute approximate surface area is 362 Å². The van der Waals surface area contributed by atoms with Gasteiger partial charge in [-0.05, 0) is 124 Å². The topological polar surface area (TPSA) is 24.7 Å². The second kappa shape index (κ2) is 36.6. The van der Waals surface area contributed by atoms with Gasteiger partial charge in [-0.1, -0.05) is 208 Å². The second-order valence-corrected chi connectivity index (χ2v) is 18.1. The monoisotopic (exact) mass is 797 g/mol. The molecule has 0 saturated carbocycles. The first-order valence-corrected chi connectivity index (χ1v) is 26.0. The summed E-state index contributed by atoms with van der Waals surface area (Å²) < 4.78 is 0. The molecule has 0 fully saturated rings. The lowest BCUT2D eigenvalue weighted by molar-refractivity contribution is 0.530. The Morgan fingerprint density at radius 1 is 0.276 bits per heavy atom. The molecular weight excluding hydrogens is 701 g/mol. The minimum Gasteiger partial charge on any atom is -0.252 e. The largest absolute Gasteiger partial charge is 0.252 e. The van der Waals surface area contributed by atoms with Crippen LogP contribution in [0.25, 0.3) is 0 Å². The molecular formula is C56H96N2. The van der Waals surface area contributed by atoms with Gasteiger partial charge < -0.3 is 0 Å². The number of hydrogen-bond donors (Lipinski definition) is 0. The van der Waals surface area contributed by atoms with Crippen molar-refractivity contribution in [3.05, 3.63) is 58.7 Å². The molecule has 0 aromatic heterocycles. The summed E-state index contributed by atoms with van der Waals surface area (Å²) in [7, 11) is 0. The van der Waals surface area contributed by atoms with Crippen LogP contribution in [0.2, 0.25) is 0 Å². The SMILES string of the molecule is CCCCCCCCCCCCCCCCCCC(=Nc1cc(CCCCC)cc(CCCCC)c1)C(CCCC)=Nc1cc(CCCCC)cc(CCCCC)c1. The van der Waals surface area contributed by atoms with Crippen LogP contribution in [0.4, 0.5) is 11.4 Å². The maximum absolute atomic E-state index is 5.65. The van der Waals surface area contributed by atoms with Gasteiger partial charge in [0.2, 0.25) is 0 Å². The average molecular weight is 797 g/mol. The van der Waals surface area contributed by atoms with Crippen molar-refractivity contribution in [3.8, 4) is 0 Å². The maximum Gasteiger partial charge on any atom is 0.0639 e. The number of nitrogens with zero attached hydrogens (tertiary/aromatic N) is 2. The van der Waals surface area contributed by atoms with E-state index in [1.807, 2.05) is 0 Å². The molecule has 0 N–H and O–H groups in total. The highest BCUT2D eigenvalue weighted by atomic mass is 14.8. The van der Waals surface area contributed by atoms with Gasteiger partial charge in [-0.25, -0.2) is 0 Å². The lowest BCUT2D eigenvalue weighted by Crippen LogP contribution is -2.14. The summed E-state index contributed by atoms with van der Waals surface area (Å²) in [5.41, 5.74) is 10.8. The molecule has 2 aromatic carbocycles. The Kier molecular flexibility index (Phi) is 32.8. The predicted octanol–water partition coefficient (Wildman–Crippen LogP) is 19.3. The maximum atomic E-state index is 5.65. The third kappa shape index (κ3) is 26.1. The number of benzene rings is 2. The van der Waals surface area contributed by atoms with Crippen molar-refractivity contribution >= 4 is 22.8 Å². The van der Waals surface area contributed by atoms with Gasteiger partial charge in [0.05, 0.1) is 22.8 Å². The van der Waals surface area contributed by atoms with E-state index in [0.29, 0.717) is 0 Å². The number of aryl methyl sites for hydroxylation is 4. The molecule has 2 aromatic rings. The van der Waals surface area contributed by atoms with Crippen molar-refractivity contribution < 1.29 is 0 Å². The number of rotatable bonds is 39. The van der Waals surface area contributed by atoms with Crippen molar-refractivity contribution in [2.75, 3.05) is 0 Å². The van der Waals surface area contributed by atoms with E-state index in [9.17, 15) is 0 Å². The number of hydrogen-bond acceptors (Lipinski definition) is 2. The van der Waals surface area contributed by atoms with Gasteiger partial charge in [0.1, 0.15) is 0 Å². The van der Waals surface area contributed by atoms with Crippen molar-refractivity contribution in [2.45, 2.75) is 273 Å². The van der Waals surface area contributed by atoms with Crippen LogP contribution in [0, 0.1) is 0 Å². The van der Waals surface area contributed by atoms with Crippen molar-refractivity contribution in [2.24, 2.45) is 9.98 Å².